The number of rotatable bonds is 3. The summed E-state index contributed by atoms with van der Waals surface area (Å²) in [5.41, 5.74) is 5.50. The van der Waals surface area contributed by atoms with E-state index in [0.29, 0.717) is 24.5 Å². The number of benzene rings is 3. The summed E-state index contributed by atoms with van der Waals surface area (Å²) in [4.78, 5) is 25.7. The van der Waals surface area contributed by atoms with Crippen molar-refractivity contribution in [1.82, 2.24) is 4.90 Å². The summed E-state index contributed by atoms with van der Waals surface area (Å²) in [5.74, 6) is -0.427. The van der Waals surface area contributed by atoms with Gasteiger partial charge in [-0.25, -0.2) is 9.59 Å². The first-order valence-corrected chi connectivity index (χ1v) is 10.2. The van der Waals surface area contributed by atoms with Crippen LogP contribution in [0.5, 0.6) is 5.75 Å². The van der Waals surface area contributed by atoms with Gasteiger partial charge in [0.05, 0.1) is 18.7 Å². The van der Waals surface area contributed by atoms with E-state index in [-0.39, 0.29) is 24.6 Å². The number of carboxylic acid groups (broad SMARTS) is 1. The number of ether oxygens (including phenoxy) is 2. The number of amides is 1. The molecule has 0 radical (unpaired) electrons. The van der Waals surface area contributed by atoms with Gasteiger partial charge in [0.1, 0.15) is 19.0 Å². The highest BCUT2D eigenvalue weighted by molar-refractivity contribution is 5.88. The third-order valence-electron chi connectivity index (χ3n) is 5.88. The van der Waals surface area contributed by atoms with Crippen LogP contribution >= 0.6 is 0 Å². The van der Waals surface area contributed by atoms with Gasteiger partial charge in [-0.2, -0.15) is 0 Å². The molecule has 0 saturated carbocycles. The molecule has 0 fully saturated rings. The molecule has 2 aliphatic rings. The van der Waals surface area contributed by atoms with Crippen LogP contribution in [0.25, 0.3) is 11.1 Å². The zero-order valence-corrected chi connectivity index (χ0v) is 16.8. The SMILES string of the molecule is O=C(O)c1ccc2c(c1)CN(C(=O)OCC1c3ccccc3-c3ccccc31)CCO2. The molecule has 0 saturated heterocycles. The molecular weight excluding hydrogens is 394 g/mol. The van der Waals surface area contributed by atoms with Gasteiger partial charge >= 0.3 is 12.1 Å². The predicted molar refractivity (Wildman–Crippen MR) is 114 cm³/mol. The van der Waals surface area contributed by atoms with E-state index in [9.17, 15) is 14.7 Å². The maximum absolute atomic E-state index is 12.9. The highest BCUT2D eigenvalue weighted by atomic mass is 16.6. The van der Waals surface area contributed by atoms with Crippen molar-refractivity contribution >= 4 is 12.1 Å². The molecular formula is C25H21NO5. The number of hydrogen-bond donors (Lipinski definition) is 1. The van der Waals surface area contributed by atoms with E-state index in [2.05, 4.69) is 24.3 Å². The van der Waals surface area contributed by atoms with Crippen molar-refractivity contribution < 1.29 is 24.2 Å². The number of carbonyl (C=O) groups is 2. The number of nitrogens with zero attached hydrogens (tertiary/aromatic N) is 1. The molecule has 1 N–H and O–H groups in total. The number of carboxylic acids is 1. The normalized spacial score (nSPS) is 14.6. The molecule has 3 aromatic carbocycles. The van der Waals surface area contributed by atoms with E-state index in [1.54, 1.807) is 17.0 Å². The van der Waals surface area contributed by atoms with Crippen LogP contribution in [0.2, 0.25) is 0 Å². The first kappa shape index (κ1) is 19.2. The zero-order chi connectivity index (χ0) is 21.4. The lowest BCUT2D eigenvalue weighted by Gasteiger charge is -2.21. The van der Waals surface area contributed by atoms with Crippen molar-refractivity contribution in [3.05, 3.63) is 89.0 Å². The van der Waals surface area contributed by atoms with Crippen LogP contribution in [0.1, 0.15) is 33.0 Å². The molecule has 1 aliphatic heterocycles. The van der Waals surface area contributed by atoms with Crippen LogP contribution in [0.3, 0.4) is 0 Å². The number of hydrogen-bond acceptors (Lipinski definition) is 4. The topological polar surface area (TPSA) is 76.1 Å². The van der Waals surface area contributed by atoms with Crippen molar-refractivity contribution in [2.75, 3.05) is 19.8 Å². The largest absolute Gasteiger partial charge is 0.491 e. The van der Waals surface area contributed by atoms with Crippen LogP contribution in [0, 0.1) is 0 Å². The van der Waals surface area contributed by atoms with Crippen molar-refractivity contribution in [3.8, 4) is 16.9 Å². The Balaban J connectivity index is 1.33. The molecule has 0 unspecified atom stereocenters. The molecule has 1 heterocycles. The number of aromatic carboxylic acids is 1. The summed E-state index contributed by atoms with van der Waals surface area (Å²) in [6.45, 7) is 1.18. The van der Waals surface area contributed by atoms with E-state index >= 15 is 0 Å². The molecule has 31 heavy (non-hydrogen) atoms. The van der Waals surface area contributed by atoms with Crippen LogP contribution in [0.4, 0.5) is 4.79 Å². The van der Waals surface area contributed by atoms with Gasteiger partial charge in [-0.1, -0.05) is 48.5 Å². The van der Waals surface area contributed by atoms with Crippen molar-refractivity contribution in [1.29, 1.82) is 0 Å². The summed E-state index contributed by atoms with van der Waals surface area (Å²) >= 11 is 0. The Hall–Kier alpha value is -3.80. The fraction of sp³-hybridized carbons (Fsp3) is 0.200. The summed E-state index contributed by atoms with van der Waals surface area (Å²) in [6.07, 6.45) is -0.431. The van der Waals surface area contributed by atoms with Crippen LogP contribution < -0.4 is 4.74 Å². The Morgan fingerprint density at radius 1 is 1.00 bits per heavy atom. The van der Waals surface area contributed by atoms with Crippen LogP contribution in [-0.4, -0.2) is 41.8 Å². The van der Waals surface area contributed by atoms with E-state index in [0.717, 1.165) is 11.1 Å². The third kappa shape index (κ3) is 3.50. The fourth-order valence-corrected chi connectivity index (χ4v) is 4.37. The highest BCUT2D eigenvalue weighted by Crippen LogP contribution is 2.44. The van der Waals surface area contributed by atoms with Crippen molar-refractivity contribution in [2.24, 2.45) is 0 Å². The second-order valence-electron chi connectivity index (χ2n) is 7.70. The van der Waals surface area contributed by atoms with Crippen molar-refractivity contribution in [3.63, 3.8) is 0 Å². The Bertz CT molecular complexity index is 1130. The van der Waals surface area contributed by atoms with Crippen LogP contribution in [0.15, 0.2) is 66.7 Å². The molecule has 0 bridgehead atoms. The minimum Gasteiger partial charge on any atom is -0.491 e. The van der Waals surface area contributed by atoms with E-state index in [1.807, 2.05) is 24.3 Å². The molecule has 6 heteroatoms. The van der Waals surface area contributed by atoms with Gasteiger partial charge in [-0.05, 0) is 40.5 Å². The minimum absolute atomic E-state index is 0.00882. The van der Waals surface area contributed by atoms with Gasteiger partial charge in [0, 0.05) is 11.5 Å². The van der Waals surface area contributed by atoms with Gasteiger partial charge in [0.2, 0.25) is 0 Å². The zero-order valence-electron chi connectivity index (χ0n) is 16.8. The quantitative estimate of drug-likeness (QED) is 0.680. The number of fused-ring (bicyclic) bond motifs is 4. The average molecular weight is 415 g/mol. The lowest BCUT2D eigenvalue weighted by Crippen LogP contribution is -2.33. The molecule has 1 aliphatic carbocycles. The molecule has 0 atom stereocenters. The lowest BCUT2D eigenvalue weighted by atomic mass is 9.98. The average Bonchev–Trinajstić information content (AvgIpc) is 2.95. The first-order chi connectivity index (χ1) is 15.1. The minimum atomic E-state index is -1.01. The van der Waals surface area contributed by atoms with E-state index in [1.165, 1.54) is 17.2 Å². The smallest absolute Gasteiger partial charge is 0.410 e. The van der Waals surface area contributed by atoms with Gasteiger partial charge < -0.3 is 19.5 Å². The maximum atomic E-state index is 12.9. The molecule has 3 aromatic rings. The standard InChI is InChI=1S/C25H21NO5/c27-24(28)16-9-10-23-17(13-16)14-26(11-12-30-23)25(29)31-15-22-20-7-3-1-5-18(20)19-6-2-4-8-21(19)22/h1-10,13,22H,11-12,14-15H2,(H,27,28). The second kappa shape index (κ2) is 7.80. The summed E-state index contributed by atoms with van der Waals surface area (Å²) in [5, 5.41) is 9.25. The summed E-state index contributed by atoms with van der Waals surface area (Å²) < 4.78 is 11.4. The second-order valence-corrected chi connectivity index (χ2v) is 7.70. The highest BCUT2D eigenvalue weighted by Gasteiger charge is 2.30. The number of carbonyl (C=O) groups excluding carboxylic acids is 1. The van der Waals surface area contributed by atoms with E-state index in [4.69, 9.17) is 9.47 Å². The maximum Gasteiger partial charge on any atom is 0.410 e. The molecule has 6 nitrogen and oxygen atoms in total. The summed E-state index contributed by atoms with van der Waals surface area (Å²) in [6, 6.07) is 21.1. The Morgan fingerprint density at radius 3 is 2.35 bits per heavy atom. The first-order valence-electron chi connectivity index (χ1n) is 10.2. The molecule has 0 aromatic heterocycles. The third-order valence-corrected chi connectivity index (χ3v) is 5.88. The van der Waals surface area contributed by atoms with Gasteiger partial charge in [-0.15, -0.1) is 0 Å². The Labute approximate surface area is 179 Å². The Morgan fingerprint density at radius 2 is 1.68 bits per heavy atom. The molecule has 5 rings (SSSR count). The van der Waals surface area contributed by atoms with Gasteiger partial charge in [-0.3, -0.25) is 0 Å². The Kier molecular flexibility index (Phi) is 4.82. The predicted octanol–water partition coefficient (Wildman–Crippen LogP) is 4.53. The lowest BCUT2D eigenvalue weighted by molar-refractivity contribution is 0.0696. The molecule has 0 spiro atoms. The fourth-order valence-electron chi connectivity index (χ4n) is 4.37. The molecule has 1 amide bonds. The monoisotopic (exact) mass is 415 g/mol. The van der Waals surface area contributed by atoms with Crippen LogP contribution in [-0.2, 0) is 11.3 Å². The van der Waals surface area contributed by atoms with Gasteiger partial charge in [0.15, 0.2) is 0 Å². The molecule has 156 valence electrons. The van der Waals surface area contributed by atoms with E-state index < -0.39 is 12.1 Å². The van der Waals surface area contributed by atoms with Gasteiger partial charge in [0.25, 0.3) is 0 Å². The summed E-state index contributed by atoms with van der Waals surface area (Å²) in [7, 11) is 0. The van der Waals surface area contributed by atoms with Crippen molar-refractivity contribution in [2.45, 2.75) is 12.5 Å².